The molecule has 1 aromatic rings. The lowest BCUT2D eigenvalue weighted by molar-refractivity contribution is 0.106. The van der Waals surface area contributed by atoms with Gasteiger partial charge in [0.2, 0.25) is 0 Å². The van der Waals surface area contributed by atoms with Crippen LogP contribution in [-0.2, 0) is 0 Å². The molecule has 1 heterocycles. The molecule has 7 heteroatoms. The summed E-state index contributed by atoms with van der Waals surface area (Å²) in [5.74, 6) is 0. The normalized spacial score (nSPS) is 10.7. The molecule has 0 radical (unpaired) electrons. The minimum atomic E-state index is -2.79. The number of hydrogen-bond donors (Lipinski definition) is 0. The minimum absolute atomic E-state index is 0.135. The van der Waals surface area contributed by atoms with Gasteiger partial charge in [-0.05, 0) is 43.5 Å². The molecule has 1 aromatic heterocycles. The van der Waals surface area contributed by atoms with Gasteiger partial charge in [0.25, 0.3) is 11.7 Å². The number of nitrogens with zero attached hydrogens (tertiary/aromatic N) is 1. The van der Waals surface area contributed by atoms with E-state index in [1.807, 2.05) is 0 Å². The van der Waals surface area contributed by atoms with Crippen molar-refractivity contribution in [3.05, 3.63) is 26.4 Å². The lowest BCUT2D eigenvalue weighted by Crippen LogP contribution is -2.01. The zero-order valence-corrected chi connectivity index (χ0v) is 10.3. The van der Waals surface area contributed by atoms with Crippen LogP contribution in [0.4, 0.5) is 8.78 Å². The molecule has 0 aliphatic rings. The molecule has 0 aromatic carbocycles. The minimum Gasteiger partial charge on any atom is -0.276 e. The van der Waals surface area contributed by atoms with Gasteiger partial charge in [-0.25, -0.2) is 13.8 Å². The lowest BCUT2D eigenvalue weighted by atomic mass is 10.1. The van der Waals surface area contributed by atoms with E-state index < -0.39 is 17.2 Å². The van der Waals surface area contributed by atoms with Gasteiger partial charge in [-0.2, -0.15) is 0 Å². The third-order valence-corrected chi connectivity index (χ3v) is 3.53. The maximum Gasteiger partial charge on any atom is 0.266 e. The molecular formula is C7H2Br2ClF2NO. The van der Waals surface area contributed by atoms with E-state index in [0.717, 1.165) is 6.20 Å². The Hall–Kier alpha value is -0.0700. The molecule has 0 bridgehead atoms. The van der Waals surface area contributed by atoms with Gasteiger partial charge in [-0.1, -0.05) is 0 Å². The first kappa shape index (κ1) is 12.0. The van der Waals surface area contributed by atoms with Crippen LogP contribution in [0.2, 0.25) is 0 Å². The smallest absolute Gasteiger partial charge is 0.266 e. The molecule has 0 saturated carbocycles. The molecule has 0 aliphatic carbocycles. The standard InChI is InChI=1S/C7H2Br2ClF2NO/c8-4-3(6(10)14)2(7(11)12)1-13-5(4)9/h1,7H. The zero-order valence-electron chi connectivity index (χ0n) is 6.40. The van der Waals surface area contributed by atoms with Crippen LogP contribution in [0.3, 0.4) is 0 Å². The van der Waals surface area contributed by atoms with E-state index in [2.05, 4.69) is 36.8 Å². The van der Waals surface area contributed by atoms with Crippen molar-refractivity contribution in [2.45, 2.75) is 6.43 Å². The van der Waals surface area contributed by atoms with E-state index in [4.69, 9.17) is 11.6 Å². The molecular weight excluding hydrogens is 347 g/mol. The molecule has 0 fully saturated rings. The van der Waals surface area contributed by atoms with Crippen molar-refractivity contribution < 1.29 is 13.6 Å². The highest BCUT2D eigenvalue weighted by Crippen LogP contribution is 2.33. The van der Waals surface area contributed by atoms with Gasteiger partial charge >= 0.3 is 0 Å². The van der Waals surface area contributed by atoms with E-state index in [0.29, 0.717) is 0 Å². The first-order valence-corrected chi connectivity index (χ1v) is 5.23. The number of carbonyl (C=O) groups excluding carboxylic acids is 1. The largest absolute Gasteiger partial charge is 0.276 e. The Morgan fingerprint density at radius 3 is 2.50 bits per heavy atom. The van der Waals surface area contributed by atoms with Crippen molar-refractivity contribution in [1.82, 2.24) is 4.98 Å². The highest BCUT2D eigenvalue weighted by atomic mass is 79.9. The van der Waals surface area contributed by atoms with Crippen molar-refractivity contribution in [2.24, 2.45) is 0 Å². The predicted octanol–water partition coefficient (Wildman–Crippen LogP) is 3.92. The van der Waals surface area contributed by atoms with Crippen molar-refractivity contribution in [3.63, 3.8) is 0 Å². The summed E-state index contributed by atoms with van der Waals surface area (Å²) in [5, 5.41) is -0.949. The van der Waals surface area contributed by atoms with E-state index >= 15 is 0 Å². The van der Waals surface area contributed by atoms with Gasteiger partial charge < -0.3 is 0 Å². The van der Waals surface area contributed by atoms with E-state index in [1.54, 1.807) is 0 Å². The maximum atomic E-state index is 12.4. The number of carbonyl (C=O) groups is 1. The summed E-state index contributed by atoms with van der Waals surface area (Å²) in [6, 6.07) is 0. The van der Waals surface area contributed by atoms with Gasteiger partial charge in [-0.15, -0.1) is 0 Å². The molecule has 2 nitrogen and oxygen atoms in total. The fourth-order valence-corrected chi connectivity index (χ4v) is 1.97. The molecule has 0 saturated heterocycles. The second kappa shape index (κ2) is 4.63. The Labute approximate surface area is 99.9 Å². The van der Waals surface area contributed by atoms with Gasteiger partial charge in [0.1, 0.15) is 4.60 Å². The summed E-state index contributed by atoms with van der Waals surface area (Å²) >= 11 is 11.1. The quantitative estimate of drug-likeness (QED) is 0.598. The molecule has 1 rings (SSSR count). The summed E-state index contributed by atoms with van der Waals surface area (Å²) in [6.07, 6.45) is -1.88. The first-order chi connectivity index (χ1) is 6.45. The third-order valence-electron chi connectivity index (χ3n) is 1.44. The number of halogens is 5. The predicted molar refractivity (Wildman–Crippen MR) is 54.8 cm³/mol. The second-order valence-corrected chi connectivity index (χ2v) is 4.16. The SMILES string of the molecule is O=C(Cl)c1c(C(F)F)cnc(Br)c1Br. The third kappa shape index (κ3) is 2.29. The second-order valence-electron chi connectivity index (χ2n) is 2.27. The average Bonchev–Trinajstić information content (AvgIpc) is 2.08. The molecule has 76 valence electrons. The van der Waals surface area contributed by atoms with Crippen molar-refractivity contribution in [2.75, 3.05) is 0 Å². The van der Waals surface area contributed by atoms with E-state index in [9.17, 15) is 13.6 Å². The van der Waals surface area contributed by atoms with Gasteiger partial charge in [0.15, 0.2) is 0 Å². The molecule has 0 N–H and O–H groups in total. The molecule has 0 aliphatic heterocycles. The number of hydrogen-bond acceptors (Lipinski definition) is 2. The summed E-state index contributed by atoms with van der Waals surface area (Å²) < 4.78 is 25.2. The van der Waals surface area contributed by atoms with Crippen LogP contribution < -0.4 is 0 Å². The van der Waals surface area contributed by atoms with Crippen molar-refractivity contribution >= 4 is 48.7 Å². The number of rotatable bonds is 2. The number of pyridine rings is 1. The van der Waals surface area contributed by atoms with Crippen molar-refractivity contribution in [3.8, 4) is 0 Å². The number of alkyl halides is 2. The van der Waals surface area contributed by atoms with Gasteiger partial charge in [0, 0.05) is 11.8 Å². The van der Waals surface area contributed by atoms with Crippen LogP contribution >= 0.6 is 43.5 Å². The Bertz CT molecular complexity index is 386. The fourth-order valence-electron chi connectivity index (χ4n) is 0.843. The summed E-state index contributed by atoms with van der Waals surface area (Å²) in [7, 11) is 0. The Balaban J connectivity index is 3.45. The number of aromatic nitrogens is 1. The van der Waals surface area contributed by atoms with Crippen LogP contribution in [0.15, 0.2) is 15.3 Å². The maximum absolute atomic E-state index is 12.4. The van der Waals surface area contributed by atoms with Crippen LogP contribution in [0, 0.1) is 0 Å². The molecule has 0 unspecified atom stereocenters. The Morgan fingerprint density at radius 2 is 2.07 bits per heavy atom. The van der Waals surface area contributed by atoms with Crippen LogP contribution in [0.25, 0.3) is 0 Å². The zero-order chi connectivity index (χ0) is 10.9. The molecule has 14 heavy (non-hydrogen) atoms. The Kier molecular flexibility index (Phi) is 3.97. The highest BCUT2D eigenvalue weighted by Gasteiger charge is 2.22. The van der Waals surface area contributed by atoms with Gasteiger partial charge in [0.05, 0.1) is 10.0 Å². The topological polar surface area (TPSA) is 30.0 Å². The molecule has 0 atom stereocenters. The average molecular weight is 349 g/mol. The monoisotopic (exact) mass is 347 g/mol. The van der Waals surface area contributed by atoms with Crippen LogP contribution in [0.5, 0.6) is 0 Å². The summed E-state index contributed by atoms with van der Waals surface area (Å²) in [4.78, 5) is 14.5. The van der Waals surface area contributed by atoms with E-state index in [1.165, 1.54) is 0 Å². The summed E-state index contributed by atoms with van der Waals surface area (Å²) in [6.45, 7) is 0. The van der Waals surface area contributed by atoms with Gasteiger partial charge in [-0.3, -0.25) is 4.79 Å². The lowest BCUT2D eigenvalue weighted by Gasteiger charge is -2.07. The van der Waals surface area contributed by atoms with E-state index in [-0.39, 0.29) is 14.6 Å². The van der Waals surface area contributed by atoms with Crippen molar-refractivity contribution in [1.29, 1.82) is 0 Å². The first-order valence-electron chi connectivity index (χ1n) is 3.27. The van der Waals surface area contributed by atoms with Crippen LogP contribution in [-0.4, -0.2) is 10.2 Å². The summed E-state index contributed by atoms with van der Waals surface area (Å²) in [5.41, 5.74) is -0.747. The van der Waals surface area contributed by atoms with Crippen LogP contribution in [0.1, 0.15) is 22.3 Å². The molecule has 0 spiro atoms. The highest BCUT2D eigenvalue weighted by molar-refractivity contribution is 9.13. The fraction of sp³-hybridized carbons (Fsp3) is 0.143. The Morgan fingerprint density at radius 1 is 1.50 bits per heavy atom. The molecule has 0 amide bonds.